The Balaban J connectivity index is 4.07. The van der Waals surface area contributed by atoms with Crippen molar-refractivity contribution in [2.24, 2.45) is 0 Å². The molecule has 1 unspecified atom stereocenters. The summed E-state index contributed by atoms with van der Waals surface area (Å²) in [6, 6.07) is 0. The maximum atomic E-state index is 12.4. The minimum absolute atomic E-state index is 0.188. The molecule has 0 aliphatic heterocycles. The molecule has 0 bridgehead atoms. The van der Waals surface area contributed by atoms with E-state index in [4.69, 9.17) is 11.6 Å². The Bertz CT molecular complexity index is 207. The average molecular weight is 261 g/mol. The van der Waals surface area contributed by atoms with Crippen LogP contribution < -0.4 is 0 Å². The van der Waals surface area contributed by atoms with E-state index in [0.717, 1.165) is 12.8 Å². The molecule has 0 rings (SSSR count). The van der Waals surface area contributed by atoms with Gasteiger partial charge in [-0.05, 0) is 12.8 Å². The van der Waals surface area contributed by atoms with Gasteiger partial charge in [-0.15, -0.1) is 11.6 Å². The molecule has 96 valence electrons. The largest absolute Gasteiger partial charge is 0.452 e. The molecule has 0 saturated heterocycles. The van der Waals surface area contributed by atoms with Crippen molar-refractivity contribution in [1.82, 2.24) is 0 Å². The zero-order valence-electron chi connectivity index (χ0n) is 9.15. The molecule has 0 heterocycles. The Kier molecular flexibility index (Phi) is 7.55. The first-order valence-electron chi connectivity index (χ1n) is 5.24. The number of ether oxygens (including phenoxy) is 1. The number of rotatable bonds is 7. The van der Waals surface area contributed by atoms with E-state index in [1.807, 2.05) is 6.92 Å². The predicted molar refractivity (Wildman–Crippen MR) is 55.4 cm³/mol. The van der Waals surface area contributed by atoms with Crippen molar-refractivity contribution in [3.63, 3.8) is 0 Å². The predicted octanol–water partition coefficient (Wildman–Crippen LogP) is 3.67. The third kappa shape index (κ3) is 6.93. The first kappa shape index (κ1) is 15.6. The van der Waals surface area contributed by atoms with Crippen molar-refractivity contribution < 1.29 is 22.7 Å². The molecule has 6 heteroatoms. The van der Waals surface area contributed by atoms with Crippen molar-refractivity contribution in [2.75, 3.05) is 5.88 Å². The lowest BCUT2D eigenvalue weighted by Gasteiger charge is -2.20. The van der Waals surface area contributed by atoms with Crippen LogP contribution in [0.5, 0.6) is 0 Å². The summed E-state index contributed by atoms with van der Waals surface area (Å²) in [5.74, 6) is -1.58. The number of carbonyl (C=O) groups excluding carboxylic acids is 1. The zero-order chi connectivity index (χ0) is 12.6. The van der Waals surface area contributed by atoms with E-state index in [1.165, 1.54) is 0 Å². The fourth-order valence-corrected chi connectivity index (χ4v) is 1.30. The molecule has 0 aliphatic rings. The van der Waals surface area contributed by atoms with Gasteiger partial charge in [0.05, 0.1) is 0 Å². The fourth-order valence-electron chi connectivity index (χ4n) is 1.24. The Hall–Kier alpha value is -0.450. The molecule has 0 N–H and O–H groups in total. The summed E-state index contributed by atoms with van der Waals surface area (Å²) in [4.78, 5) is 10.7. The summed E-state index contributed by atoms with van der Waals surface area (Å²) in [5, 5.41) is 0. The molecule has 0 amide bonds. The molecule has 0 aromatic rings. The second-order valence-electron chi connectivity index (χ2n) is 3.50. The lowest BCUT2D eigenvalue weighted by Crippen LogP contribution is -2.34. The van der Waals surface area contributed by atoms with E-state index < -0.39 is 24.1 Å². The van der Waals surface area contributed by atoms with E-state index in [1.54, 1.807) is 0 Å². The molecule has 0 radical (unpaired) electrons. The number of esters is 1. The van der Waals surface area contributed by atoms with Crippen molar-refractivity contribution in [3.8, 4) is 0 Å². The van der Waals surface area contributed by atoms with Gasteiger partial charge in [0.2, 0.25) is 0 Å². The third-order valence-corrected chi connectivity index (χ3v) is 2.29. The quantitative estimate of drug-likeness (QED) is 0.397. The van der Waals surface area contributed by atoms with Crippen LogP contribution in [0.15, 0.2) is 0 Å². The Morgan fingerprint density at radius 2 is 1.94 bits per heavy atom. The van der Waals surface area contributed by atoms with Gasteiger partial charge in [-0.3, -0.25) is 4.79 Å². The van der Waals surface area contributed by atoms with Gasteiger partial charge >= 0.3 is 12.1 Å². The van der Waals surface area contributed by atoms with Crippen LogP contribution in [0.2, 0.25) is 0 Å². The Morgan fingerprint density at radius 1 is 1.31 bits per heavy atom. The summed E-state index contributed by atoms with van der Waals surface area (Å²) in [6.45, 7) is 1.97. The topological polar surface area (TPSA) is 26.3 Å². The highest BCUT2D eigenvalue weighted by molar-refractivity contribution is 6.26. The van der Waals surface area contributed by atoms with E-state index in [2.05, 4.69) is 4.74 Å². The second-order valence-corrected chi connectivity index (χ2v) is 3.77. The molecule has 2 nitrogen and oxygen atoms in total. The number of carbonyl (C=O) groups is 1. The highest BCUT2D eigenvalue weighted by Crippen LogP contribution is 2.27. The zero-order valence-corrected chi connectivity index (χ0v) is 9.90. The summed E-state index contributed by atoms with van der Waals surface area (Å²) in [5.41, 5.74) is 0. The lowest BCUT2D eigenvalue weighted by molar-refractivity contribution is -0.221. The van der Waals surface area contributed by atoms with Crippen LogP contribution in [-0.2, 0) is 9.53 Å². The SMILES string of the molecule is CCCCCCC(OC(=O)CCl)C(F)(F)F. The Labute approximate surface area is 98.1 Å². The van der Waals surface area contributed by atoms with Gasteiger partial charge < -0.3 is 4.74 Å². The number of halogens is 4. The van der Waals surface area contributed by atoms with Gasteiger partial charge in [0.15, 0.2) is 6.10 Å². The van der Waals surface area contributed by atoms with Crippen LogP contribution >= 0.6 is 11.6 Å². The summed E-state index contributed by atoms with van der Waals surface area (Å²) in [7, 11) is 0. The highest BCUT2D eigenvalue weighted by Gasteiger charge is 2.42. The fraction of sp³-hybridized carbons (Fsp3) is 0.900. The molecule has 1 atom stereocenters. The lowest BCUT2D eigenvalue weighted by atomic mass is 10.1. The van der Waals surface area contributed by atoms with Crippen LogP contribution in [0.1, 0.15) is 39.0 Å². The first-order chi connectivity index (χ1) is 7.41. The molecule has 0 fully saturated rings. The van der Waals surface area contributed by atoms with Gasteiger partial charge in [-0.1, -0.05) is 26.2 Å². The van der Waals surface area contributed by atoms with E-state index in [9.17, 15) is 18.0 Å². The van der Waals surface area contributed by atoms with Crippen molar-refractivity contribution in [1.29, 1.82) is 0 Å². The number of alkyl halides is 4. The van der Waals surface area contributed by atoms with Crippen molar-refractivity contribution in [3.05, 3.63) is 0 Å². The van der Waals surface area contributed by atoms with Crippen molar-refractivity contribution in [2.45, 2.75) is 51.3 Å². The molecule has 0 saturated carbocycles. The van der Waals surface area contributed by atoms with Crippen LogP contribution in [0, 0.1) is 0 Å². The minimum atomic E-state index is -4.51. The van der Waals surface area contributed by atoms with Crippen LogP contribution in [0.25, 0.3) is 0 Å². The van der Waals surface area contributed by atoms with Crippen molar-refractivity contribution >= 4 is 17.6 Å². The molecule has 0 aromatic carbocycles. The van der Waals surface area contributed by atoms with Gasteiger partial charge in [0.25, 0.3) is 0 Å². The summed E-state index contributed by atoms with van der Waals surface area (Å²) in [6.07, 6.45) is -3.78. The van der Waals surface area contributed by atoms with Crippen LogP contribution in [0.4, 0.5) is 13.2 Å². The van der Waals surface area contributed by atoms with Gasteiger partial charge in [-0.2, -0.15) is 13.2 Å². The monoisotopic (exact) mass is 260 g/mol. The average Bonchev–Trinajstić information content (AvgIpc) is 2.20. The highest BCUT2D eigenvalue weighted by atomic mass is 35.5. The van der Waals surface area contributed by atoms with Crippen LogP contribution in [0.3, 0.4) is 0 Å². The third-order valence-electron chi connectivity index (χ3n) is 2.07. The smallest absolute Gasteiger partial charge is 0.425 e. The number of unbranched alkanes of at least 4 members (excludes halogenated alkanes) is 3. The Morgan fingerprint density at radius 3 is 2.38 bits per heavy atom. The van der Waals surface area contributed by atoms with Gasteiger partial charge in [-0.25, -0.2) is 0 Å². The molecule has 16 heavy (non-hydrogen) atoms. The van der Waals surface area contributed by atoms with Gasteiger partial charge in [0, 0.05) is 0 Å². The molecule has 0 aromatic heterocycles. The first-order valence-corrected chi connectivity index (χ1v) is 5.77. The van der Waals surface area contributed by atoms with E-state index in [0.29, 0.717) is 12.8 Å². The molecular weight excluding hydrogens is 245 g/mol. The van der Waals surface area contributed by atoms with Crippen LogP contribution in [-0.4, -0.2) is 24.1 Å². The summed E-state index contributed by atoms with van der Waals surface area (Å²) < 4.78 is 41.5. The molecular formula is C10H16ClF3O2. The maximum Gasteiger partial charge on any atom is 0.425 e. The van der Waals surface area contributed by atoms with Gasteiger partial charge in [0.1, 0.15) is 5.88 Å². The normalized spacial score (nSPS) is 13.6. The molecule has 0 aliphatic carbocycles. The van der Waals surface area contributed by atoms with E-state index in [-0.39, 0.29) is 6.42 Å². The number of hydrogen-bond donors (Lipinski definition) is 0. The maximum absolute atomic E-state index is 12.4. The second kappa shape index (κ2) is 7.76. The number of hydrogen-bond acceptors (Lipinski definition) is 2. The minimum Gasteiger partial charge on any atom is -0.452 e. The molecule has 0 spiro atoms. The van der Waals surface area contributed by atoms with E-state index >= 15 is 0 Å². The standard InChI is InChI=1S/C10H16ClF3O2/c1-2-3-4-5-6-8(10(12,13)14)16-9(15)7-11/h8H,2-7H2,1H3. The summed E-state index contributed by atoms with van der Waals surface area (Å²) >= 11 is 5.09.